The largest absolute Gasteiger partial charge is 0.367 e. The fourth-order valence-electron chi connectivity index (χ4n) is 4.00. The number of aryl methyl sites for hydroxylation is 2. The standard InChI is InChI=1S/C26H24N4O2S/c1-17-5-6-19(15-23(17)25-22-4-3-10-27-24(22)9-11-28-25)29-26(31)21-8-7-20(14-18(21)2)30-12-13-32-16-33-30/h3-11,14-15H,12-13,16H2,1-2H3,(H,29,31). The third kappa shape index (κ3) is 4.42. The van der Waals surface area contributed by atoms with E-state index in [4.69, 9.17) is 4.74 Å². The maximum absolute atomic E-state index is 13.1. The Balaban J connectivity index is 1.41. The van der Waals surface area contributed by atoms with Crippen LogP contribution < -0.4 is 9.62 Å². The van der Waals surface area contributed by atoms with Gasteiger partial charge >= 0.3 is 0 Å². The lowest BCUT2D eigenvalue weighted by molar-refractivity contribution is 0.102. The zero-order valence-electron chi connectivity index (χ0n) is 18.5. The number of rotatable bonds is 4. The minimum absolute atomic E-state index is 0.129. The van der Waals surface area contributed by atoms with Crippen molar-refractivity contribution in [3.05, 3.63) is 83.7 Å². The number of benzene rings is 2. The molecule has 1 saturated heterocycles. The smallest absolute Gasteiger partial charge is 0.255 e. The molecule has 1 N–H and O–H groups in total. The second-order valence-corrected chi connectivity index (χ2v) is 8.90. The third-order valence-electron chi connectivity index (χ3n) is 5.75. The number of carbonyl (C=O) groups excluding carboxylic acids is 1. The lowest BCUT2D eigenvalue weighted by atomic mass is 10.0. The Bertz CT molecular complexity index is 1330. The molecule has 6 nitrogen and oxygen atoms in total. The summed E-state index contributed by atoms with van der Waals surface area (Å²) in [6.07, 6.45) is 3.55. The number of anilines is 2. The number of carbonyl (C=O) groups is 1. The van der Waals surface area contributed by atoms with E-state index in [1.54, 1.807) is 24.3 Å². The molecule has 0 saturated carbocycles. The fraction of sp³-hybridized carbons (Fsp3) is 0.192. The molecule has 2 aromatic heterocycles. The molecule has 0 aliphatic carbocycles. The Morgan fingerprint density at radius 1 is 1.03 bits per heavy atom. The Hall–Kier alpha value is -3.42. The molecular weight excluding hydrogens is 432 g/mol. The molecule has 4 aromatic rings. The van der Waals surface area contributed by atoms with Crippen molar-refractivity contribution in [2.24, 2.45) is 0 Å². The molecule has 7 heteroatoms. The van der Waals surface area contributed by atoms with Gasteiger partial charge in [0.1, 0.15) is 5.94 Å². The van der Waals surface area contributed by atoms with Gasteiger partial charge in [-0.05, 0) is 85.5 Å². The minimum atomic E-state index is -0.129. The summed E-state index contributed by atoms with van der Waals surface area (Å²) in [5.74, 6) is 0.523. The molecular formula is C26H24N4O2S. The molecule has 1 aliphatic rings. The van der Waals surface area contributed by atoms with Crippen LogP contribution in [0.2, 0.25) is 0 Å². The summed E-state index contributed by atoms with van der Waals surface area (Å²) in [4.78, 5) is 22.1. The zero-order chi connectivity index (χ0) is 22.8. The molecule has 2 aromatic carbocycles. The number of ether oxygens (including phenoxy) is 1. The van der Waals surface area contributed by atoms with E-state index in [-0.39, 0.29) is 5.91 Å². The first-order valence-corrected chi connectivity index (χ1v) is 11.8. The van der Waals surface area contributed by atoms with Gasteiger partial charge in [0.2, 0.25) is 0 Å². The topological polar surface area (TPSA) is 67.3 Å². The third-order valence-corrected chi connectivity index (χ3v) is 6.73. The lowest BCUT2D eigenvalue weighted by Gasteiger charge is -2.27. The number of pyridine rings is 2. The molecule has 0 bridgehead atoms. The van der Waals surface area contributed by atoms with E-state index in [1.807, 2.05) is 62.4 Å². The molecule has 166 valence electrons. The molecule has 3 heterocycles. The molecule has 0 atom stereocenters. The SMILES string of the molecule is Cc1cc(N2CCOCS2)ccc1C(=O)Nc1ccc(C)c(-c2nccc3ncccc23)c1. The van der Waals surface area contributed by atoms with Gasteiger partial charge in [0.15, 0.2) is 0 Å². The number of fused-ring (bicyclic) bond motifs is 1. The summed E-state index contributed by atoms with van der Waals surface area (Å²) >= 11 is 1.64. The van der Waals surface area contributed by atoms with E-state index in [0.29, 0.717) is 18.1 Å². The Labute approximate surface area is 197 Å². The molecule has 1 amide bonds. The van der Waals surface area contributed by atoms with Gasteiger partial charge in [0, 0.05) is 40.3 Å². The van der Waals surface area contributed by atoms with Gasteiger partial charge in [-0.1, -0.05) is 6.07 Å². The normalized spacial score (nSPS) is 13.8. The molecule has 0 radical (unpaired) electrons. The van der Waals surface area contributed by atoms with Crippen LogP contribution in [0.25, 0.3) is 22.2 Å². The summed E-state index contributed by atoms with van der Waals surface area (Å²) in [5, 5.41) is 4.05. The second-order valence-electron chi connectivity index (χ2n) is 7.97. The zero-order valence-corrected chi connectivity index (χ0v) is 19.4. The minimum Gasteiger partial charge on any atom is -0.367 e. The highest BCUT2D eigenvalue weighted by Gasteiger charge is 2.16. The second kappa shape index (κ2) is 9.21. The molecule has 33 heavy (non-hydrogen) atoms. The molecule has 0 spiro atoms. The Morgan fingerprint density at radius 3 is 2.76 bits per heavy atom. The summed E-state index contributed by atoms with van der Waals surface area (Å²) < 4.78 is 7.61. The van der Waals surface area contributed by atoms with Crippen LogP contribution in [0.3, 0.4) is 0 Å². The highest BCUT2D eigenvalue weighted by molar-refractivity contribution is 8.00. The van der Waals surface area contributed by atoms with Crippen LogP contribution in [0.15, 0.2) is 67.0 Å². The average molecular weight is 457 g/mol. The van der Waals surface area contributed by atoms with Crippen LogP contribution in [0.1, 0.15) is 21.5 Å². The van der Waals surface area contributed by atoms with Crippen molar-refractivity contribution in [1.29, 1.82) is 0 Å². The van der Waals surface area contributed by atoms with Crippen LogP contribution in [0.4, 0.5) is 11.4 Å². The van der Waals surface area contributed by atoms with Crippen molar-refractivity contribution in [3.63, 3.8) is 0 Å². The van der Waals surface area contributed by atoms with E-state index in [9.17, 15) is 4.79 Å². The van der Waals surface area contributed by atoms with E-state index in [0.717, 1.165) is 51.2 Å². The highest BCUT2D eigenvalue weighted by atomic mass is 32.2. The number of hydrogen-bond acceptors (Lipinski definition) is 6. The first-order chi connectivity index (χ1) is 16.1. The van der Waals surface area contributed by atoms with E-state index in [2.05, 4.69) is 25.7 Å². The predicted octanol–water partition coefficient (Wildman–Crippen LogP) is 5.61. The van der Waals surface area contributed by atoms with Crippen LogP contribution in [0.5, 0.6) is 0 Å². The lowest BCUT2D eigenvalue weighted by Crippen LogP contribution is -2.26. The monoisotopic (exact) mass is 456 g/mol. The summed E-state index contributed by atoms with van der Waals surface area (Å²) in [6.45, 7) is 5.56. The van der Waals surface area contributed by atoms with Gasteiger partial charge in [-0.25, -0.2) is 0 Å². The van der Waals surface area contributed by atoms with Crippen LogP contribution in [-0.2, 0) is 4.74 Å². The van der Waals surface area contributed by atoms with Crippen molar-refractivity contribution >= 4 is 40.1 Å². The van der Waals surface area contributed by atoms with Gasteiger partial charge in [-0.2, -0.15) is 0 Å². The van der Waals surface area contributed by atoms with Gasteiger partial charge < -0.3 is 14.4 Å². The Kier molecular flexibility index (Phi) is 5.98. The van der Waals surface area contributed by atoms with Gasteiger partial charge in [-0.3, -0.25) is 14.8 Å². The van der Waals surface area contributed by atoms with Crippen LogP contribution >= 0.6 is 11.9 Å². The summed E-state index contributed by atoms with van der Waals surface area (Å²) in [7, 11) is 0. The van der Waals surface area contributed by atoms with Gasteiger partial charge in [-0.15, -0.1) is 0 Å². The number of amides is 1. The highest BCUT2D eigenvalue weighted by Crippen LogP contribution is 2.31. The first-order valence-electron chi connectivity index (χ1n) is 10.8. The maximum Gasteiger partial charge on any atom is 0.255 e. The number of nitrogens with one attached hydrogen (secondary N) is 1. The van der Waals surface area contributed by atoms with Crippen molar-refractivity contribution in [1.82, 2.24) is 9.97 Å². The van der Waals surface area contributed by atoms with Gasteiger partial charge in [0.05, 0.1) is 24.4 Å². The number of hydrogen-bond donors (Lipinski definition) is 1. The Morgan fingerprint density at radius 2 is 1.94 bits per heavy atom. The predicted molar refractivity (Wildman–Crippen MR) is 135 cm³/mol. The van der Waals surface area contributed by atoms with E-state index in [1.165, 1.54) is 0 Å². The molecule has 5 rings (SSSR count). The summed E-state index contributed by atoms with van der Waals surface area (Å²) in [6, 6.07) is 17.7. The van der Waals surface area contributed by atoms with Crippen molar-refractivity contribution in [2.45, 2.75) is 13.8 Å². The number of nitrogens with zero attached hydrogens (tertiary/aromatic N) is 3. The maximum atomic E-state index is 13.1. The molecule has 1 aliphatic heterocycles. The van der Waals surface area contributed by atoms with Crippen molar-refractivity contribution in [2.75, 3.05) is 28.7 Å². The molecule has 0 unspecified atom stereocenters. The van der Waals surface area contributed by atoms with Crippen molar-refractivity contribution in [3.8, 4) is 11.3 Å². The van der Waals surface area contributed by atoms with Crippen LogP contribution in [-0.4, -0.2) is 35.0 Å². The quantitative estimate of drug-likeness (QED) is 0.403. The molecule has 1 fully saturated rings. The van der Waals surface area contributed by atoms with Crippen LogP contribution in [0, 0.1) is 13.8 Å². The van der Waals surface area contributed by atoms with E-state index < -0.39 is 0 Å². The van der Waals surface area contributed by atoms with E-state index >= 15 is 0 Å². The first kappa shape index (κ1) is 21.4. The average Bonchev–Trinajstić information content (AvgIpc) is 2.85. The van der Waals surface area contributed by atoms with Gasteiger partial charge in [0.25, 0.3) is 5.91 Å². The fourth-order valence-corrected chi connectivity index (χ4v) is 4.79. The number of aromatic nitrogens is 2. The summed E-state index contributed by atoms with van der Waals surface area (Å²) in [5.41, 5.74) is 7.23. The van der Waals surface area contributed by atoms with Crippen molar-refractivity contribution < 1.29 is 9.53 Å².